The third-order valence-corrected chi connectivity index (χ3v) is 5.60. The van der Waals surface area contributed by atoms with Crippen LogP contribution in [0.4, 0.5) is 5.69 Å². The van der Waals surface area contributed by atoms with Crippen molar-refractivity contribution < 1.29 is 9.21 Å². The summed E-state index contributed by atoms with van der Waals surface area (Å²) < 4.78 is 5.82. The zero-order valence-electron chi connectivity index (χ0n) is 16.1. The normalized spacial score (nSPS) is 14.3. The van der Waals surface area contributed by atoms with Crippen LogP contribution in [0.1, 0.15) is 23.4 Å². The summed E-state index contributed by atoms with van der Waals surface area (Å²) >= 11 is 12.5. The Balaban J connectivity index is 1.55. The Morgan fingerprint density at radius 1 is 1.07 bits per heavy atom. The highest BCUT2D eigenvalue weighted by Crippen LogP contribution is 2.31. The summed E-state index contributed by atoms with van der Waals surface area (Å²) in [6, 6.07) is 15.1. The molecule has 1 aliphatic heterocycles. The van der Waals surface area contributed by atoms with Gasteiger partial charge in [0.25, 0.3) is 5.91 Å². The van der Waals surface area contributed by atoms with Crippen molar-refractivity contribution in [3.8, 4) is 11.3 Å². The average molecular weight is 430 g/mol. The fraction of sp³-hybridized carbons (Fsp3) is 0.273. The van der Waals surface area contributed by atoms with Crippen molar-refractivity contribution in [3.05, 3.63) is 70.2 Å². The molecule has 150 valence electrons. The summed E-state index contributed by atoms with van der Waals surface area (Å²) in [5.41, 5.74) is 2.28. The maximum atomic E-state index is 13.2. The first-order valence-electron chi connectivity index (χ1n) is 9.61. The molecule has 2 heterocycles. The van der Waals surface area contributed by atoms with E-state index in [2.05, 4.69) is 9.88 Å². The van der Waals surface area contributed by atoms with Crippen LogP contribution in [0.25, 0.3) is 11.3 Å². The Bertz CT molecular complexity index is 1030. The van der Waals surface area contributed by atoms with Crippen molar-refractivity contribution in [3.63, 3.8) is 0 Å². The van der Waals surface area contributed by atoms with E-state index in [1.807, 2.05) is 49.4 Å². The molecule has 0 atom stereocenters. The summed E-state index contributed by atoms with van der Waals surface area (Å²) in [4.78, 5) is 21.8. The van der Waals surface area contributed by atoms with Gasteiger partial charge in [0.1, 0.15) is 5.69 Å². The average Bonchev–Trinajstić information content (AvgIpc) is 3.18. The van der Waals surface area contributed by atoms with Crippen LogP contribution in [0, 0.1) is 0 Å². The zero-order valence-corrected chi connectivity index (χ0v) is 17.6. The van der Waals surface area contributed by atoms with E-state index in [9.17, 15) is 4.79 Å². The number of amides is 1. The maximum absolute atomic E-state index is 13.2. The first kappa shape index (κ1) is 19.8. The second kappa shape index (κ2) is 8.47. The van der Waals surface area contributed by atoms with Gasteiger partial charge in [-0.3, -0.25) is 4.79 Å². The summed E-state index contributed by atoms with van der Waals surface area (Å²) in [7, 11) is 0. The van der Waals surface area contributed by atoms with E-state index in [4.69, 9.17) is 27.6 Å². The third-order valence-electron chi connectivity index (χ3n) is 5.04. The molecule has 0 radical (unpaired) electrons. The Hall–Kier alpha value is -2.50. The van der Waals surface area contributed by atoms with Gasteiger partial charge in [-0.25, -0.2) is 4.98 Å². The fourth-order valence-electron chi connectivity index (χ4n) is 3.48. The van der Waals surface area contributed by atoms with Crippen LogP contribution in [-0.2, 0) is 6.42 Å². The van der Waals surface area contributed by atoms with Gasteiger partial charge >= 0.3 is 0 Å². The molecule has 5 nitrogen and oxygen atoms in total. The van der Waals surface area contributed by atoms with Gasteiger partial charge in [0.05, 0.1) is 5.02 Å². The van der Waals surface area contributed by atoms with Gasteiger partial charge in [-0.05, 0) is 24.3 Å². The van der Waals surface area contributed by atoms with Crippen molar-refractivity contribution in [1.82, 2.24) is 9.88 Å². The molecule has 29 heavy (non-hydrogen) atoms. The van der Waals surface area contributed by atoms with Gasteiger partial charge in [0.2, 0.25) is 5.76 Å². The van der Waals surface area contributed by atoms with E-state index < -0.39 is 0 Å². The molecule has 0 saturated carbocycles. The first-order valence-corrected chi connectivity index (χ1v) is 10.4. The number of aryl methyl sites for hydroxylation is 1. The molecule has 0 aliphatic carbocycles. The summed E-state index contributed by atoms with van der Waals surface area (Å²) in [6.07, 6.45) is 0.604. The predicted molar refractivity (Wildman–Crippen MR) is 116 cm³/mol. The monoisotopic (exact) mass is 429 g/mol. The Labute approximate surface area is 179 Å². The van der Waals surface area contributed by atoms with Crippen LogP contribution < -0.4 is 4.90 Å². The zero-order chi connectivity index (χ0) is 20.4. The van der Waals surface area contributed by atoms with E-state index in [1.54, 1.807) is 11.0 Å². The van der Waals surface area contributed by atoms with Gasteiger partial charge in [0, 0.05) is 48.9 Å². The lowest BCUT2D eigenvalue weighted by Crippen LogP contribution is -2.48. The van der Waals surface area contributed by atoms with Crippen LogP contribution in [0.15, 0.2) is 52.9 Å². The van der Waals surface area contributed by atoms with Crippen LogP contribution in [-0.4, -0.2) is 42.0 Å². The highest BCUT2D eigenvalue weighted by Gasteiger charge is 2.29. The minimum atomic E-state index is -0.155. The number of benzene rings is 2. The lowest BCUT2D eigenvalue weighted by Gasteiger charge is -2.35. The predicted octanol–water partition coefficient (Wildman–Crippen LogP) is 5.17. The van der Waals surface area contributed by atoms with E-state index in [0.29, 0.717) is 46.7 Å². The van der Waals surface area contributed by atoms with Crippen molar-refractivity contribution in [2.45, 2.75) is 13.3 Å². The third kappa shape index (κ3) is 4.11. The van der Waals surface area contributed by atoms with Gasteiger partial charge in [-0.15, -0.1) is 0 Å². The van der Waals surface area contributed by atoms with Crippen molar-refractivity contribution >= 4 is 34.8 Å². The Morgan fingerprint density at radius 2 is 1.83 bits per heavy atom. The number of nitrogens with zero attached hydrogens (tertiary/aromatic N) is 3. The summed E-state index contributed by atoms with van der Waals surface area (Å²) in [6.45, 7) is 4.58. The quantitative estimate of drug-likeness (QED) is 0.573. The van der Waals surface area contributed by atoms with E-state index in [-0.39, 0.29) is 11.7 Å². The number of halogens is 2. The molecule has 1 aromatic heterocycles. The first-order chi connectivity index (χ1) is 14.1. The van der Waals surface area contributed by atoms with Crippen LogP contribution in [0.3, 0.4) is 0 Å². The number of aromatic nitrogens is 1. The highest BCUT2D eigenvalue weighted by atomic mass is 35.5. The lowest BCUT2D eigenvalue weighted by atomic mass is 10.1. The number of piperazine rings is 1. The molecule has 0 bridgehead atoms. The standard InChI is InChI=1S/C22H21Cl2N3O2/c1-2-19-25-20(17-8-3-4-9-18(17)24)21(29-19)22(28)27-12-10-26(11-13-27)16-7-5-6-15(23)14-16/h3-9,14H,2,10-13H2,1H3. The molecular weight excluding hydrogens is 409 g/mol. The minimum absolute atomic E-state index is 0.155. The molecule has 1 saturated heterocycles. The Kier molecular flexibility index (Phi) is 5.79. The summed E-state index contributed by atoms with van der Waals surface area (Å²) in [5, 5.41) is 1.25. The number of carbonyl (C=O) groups excluding carboxylic acids is 1. The SMILES string of the molecule is CCc1nc(-c2ccccc2Cl)c(C(=O)N2CCN(c3cccc(Cl)c3)CC2)o1. The second-order valence-electron chi connectivity index (χ2n) is 6.88. The fourth-order valence-corrected chi connectivity index (χ4v) is 3.89. The van der Waals surface area contributed by atoms with E-state index in [1.165, 1.54) is 0 Å². The molecule has 3 aromatic rings. The lowest BCUT2D eigenvalue weighted by molar-refractivity contribution is 0.0714. The molecule has 0 unspecified atom stereocenters. The largest absolute Gasteiger partial charge is 0.435 e. The van der Waals surface area contributed by atoms with E-state index >= 15 is 0 Å². The molecule has 4 rings (SSSR count). The molecule has 1 fully saturated rings. The molecule has 1 amide bonds. The molecule has 1 aliphatic rings. The molecule has 0 N–H and O–H groups in total. The van der Waals surface area contributed by atoms with Crippen LogP contribution >= 0.6 is 23.2 Å². The van der Waals surface area contributed by atoms with Gasteiger partial charge < -0.3 is 14.2 Å². The number of hydrogen-bond donors (Lipinski definition) is 0. The van der Waals surface area contributed by atoms with E-state index in [0.717, 1.165) is 18.8 Å². The number of anilines is 1. The topological polar surface area (TPSA) is 49.6 Å². The van der Waals surface area contributed by atoms with Crippen molar-refractivity contribution in [2.24, 2.45) is 0 Å². The van der Waals surface area contributed by atoms with Gasteiger partial charge in [-0.1, -0.05) is 54.4 Å². The van der Waals surface area contributed by atoms with Crippen LogP contribution in [0.5, 0.6) is 0 Å². The molecule has 2 aromatic carbocycles. The maximum Gasteiger partial charge on any atom is 0.292 e. The molecular formula is C22H21Cl2N3O2. The Morgan fingerprint density at radius 3 is 2.52 bits per heavy atom. The highest BCUT2D eigenvalue weighted by molar-refractivity contribution is 6.33. The van der Waals surface area contributed by atoms with Gasteiger partial charge in [0.15, 0.2) is 5.89 Å². The summed E-state index contributed by atoms with van der Waals surface area (Å²) in [5.74, 6) is 0.629. The van der Waals surface area contributed by atoms with Crippen molar-refractivity contribution in [1.29, 1.82) is 0 Å². The number of carbonyl (C=O) groups is 1. The molecule has 7 heteroatoms. The van der Waals surface area contributed by atoms with Crippen molar-refractivity contribution in [2.75, 3.05) is 31.1 Å². The number of hydrogen-bond acceptors (Lipinski definition) is 4. The second-order valence-corrected chi connectivity index (χ2v) is 7.72. The minimum Gasteiger partial charge on any atom is -0.435 e. The molecule has 0 spiro atoms. The number of rotatable bonds is 4. The van der Waals surface area contributed by atoms with Gasteiger partial charge in [-0.2, -0.15) is 0 Å². The van der Waals surface area contributed by atoms with Crippen LogP contribution in [0.2, 0.25) is 10.0 Å². The number of oxazole rings is 1. The smallest absolute Gasteiger partial charge is 0.292 e.